The highest BCUT2D eigenvalue weighted by molar-refractivity contribution is 5.96. The molecule has 1 aliphatic carbocycles. The molecule has 0 aromatic heterocycles. The summed E-state index contributed by atoms with van der Waals surface area (Å²) in [5.41, 5.74) is 1.54. The Morgan fingerprint density at radius 2 is 1.86 bits per heavy atom. The van der Waals surface area contributed by atoms with Gasteiger partial charge in [0.25, 0.3) is 11.6 Å². The molecule has 2 saturated heterocycles. The van der Waals surface area contributed by atoms with Gasteiger partial charge in [0, 0.05) is 37.3 Å². The van der Waals surface area contributed by atoms with E-state index in [0.717, 1.165) is 51.7 Å². The van der Waals surface area contributed by atoms with Crippen LogP contribution in [0, 0.1) is 20.9 Å². The van der Waals surface area contributed by atoms with Crippen LogP contribution < -0.4 is 4.90 Å². The lowest BCUT2D eigenvalue weighted by atomic mass is 9.65. The number of carbonyl (C=O) groups excluding carboxylic acids is 1. The number of carbonyl (C=O) groups is 1. The predicted molar refractivity (Wildman–Crippen MR) is 110 cm³/mol. The Labute approximate surface area is 167 Å². The molecule has 1 saturated carbocycles. The summed E-state index contributed by atoms with van der Waals surface area (Å²) in [4.78, 5) is 28.8. The SMILES string of the molecule is CC1(C)C[C@H]2C[C@](C)(CN2C(=O)c2ccc(N3CCCCC3)c([N+](=O)[O-])c2)C1. The molecule has 28 heavy (non-hydrogen) atoms. The van der Waals surface area contributed by atoms with E-state index in [0.29, 0.717) is 11.3 Å². The summed E-state index contributed by atoms with van der Waals surface area (Å²) in [7, 11) is 0. The summed E-state index contributed by atoms with van der Waals surface area (Å²) < 4.78 is 0. The van der Waals surface area contributed by atoms with Crippen LogP contribution in [-0.2, 0) is 0 Å². The Morgan fingerprint density at radius 3 is 2.54 bits per heavy atom. The Morgan fingerprint density at radius 1 is 1.14 bits per heavy atom. The minimum absolute atomic E-state index is 0.0558. The van der Waals surface area contributed by atoms with Crippen molar-refractivity contribution in [1.29, 1.82) is 0 Å². The smallest absolute Gasteiger partial charge is 0.293 e. The summed E-state index contributed by atoms with van der Waals surface area (Å²) in [5, 5.41) is 11.7. The van der Waals surface area contributed by atoms with Crippen molar-refractivity contribution in [3.63, 3.8) is 0 Å². The molecule has 1 aromatic carbocycles. The van der Waals surface area contributed by atoms with Gasteiger partial charge in [-0.05, 0) is 61.5 Å². The zero-order valence-electron chi connectivity index (χ0n) is 17.2. The van der Waals surface area contributed by atoms with Crippen molar-refractivity contribution in [2.45, 2.75) is 65.3 Å². The third-order valence-corrected chi connectivity index (χ3v) is 6.79. The van der Waals surface area contributed by atoms with Crippen LogP contribution in [-0.4, -0.2) is 41.4 Å². The van der Waals surface area contributed by atoms with Crippen LogP contribution in [0.3, 0.4) is 0 Å². The molecule has 6 heteroatoms. The zero-order valence-corrected chi connectivity index (χ0v) is 17.2. The van der Waals surface area contributed by atoms with Gasteiger partial charge in [-0.25, -0.2) is 0 Å². The van der Waals surface area contributed by atoms with Gasteiger partial charge in [0.1, 0.15) is 5.69 Å². The normalized spacial score (nSPS) is 29.0. The Hall–Kier alpha value is -2.11. The zero-order chi connectivity index (χ0) is 20.1. The molecular weight excluding hydrogens is 354 g/mol. The number of hydrogen-bond acceptors (Lipinski definition) is 4. The van der Waals surface area contributed by atoms with Crippen LogP contribution in [0.25, 0.3) is 0 Å². The van der Waals surface area contributed by atoms with E-state index in [4.69, 9.17) is 0 Å². The first kappa shape index (κ1) is 19.2. The Balaban J connectivity index is 1.61. The van der Waals surface area contributed by atoms with Gasteiger partial charge < -0.3 is 9.80 Å². The summed E-state index contributed by atoms with van der Waals surface area (Å²) in [6.45, 7) is 9.27. The quantitative estimate of drug-likeness (QED) is 0.562. The summed E-state index contributed by atoms with van der Waals surface area (Å²) in [6, 6.07) is 5.31. The molecule has 2 bridgehead atoms. The van der Waals surface area contributed by atoms with Crippen LogP contribution >= 0.6 is 0 Å². The number of anilines is 1. The Bertz CT molecular complexity index is 800. The first-order chi connectivity index (χ1) is 13.2. The van der Waals surface area contributed by atoms with E-state index in [2.05, 4.69) is 25.7 Å². The number of amides is 1. The largest absolute Gasteiger partial charge is 0.366 e. The average molecular weight is 386 g/mol. The van der Waals surface area contributed by atoms with Crippen molar-refractivity contribution in [1.82, 2.24) is 4.90 Å². The number of nitrogens with zero attached hydrogens (tertiary/aromatic N) is 3. The molecule has 1 aromatic rings. The van der Waals surface area contributed by atoms with Gasteiger partial charge in [-0.1, -0.05) is 20.8 Å². The number of nitro benzene ring substituents is 1. The molecule has 0 N–H and O–H groups in total. The number of nitro groups is 1. The van der Waals surface area contributed by atoms with Crippen LogP contribution in [0.5, 0.6) is 0 Å². The van der Waals surface area contributed by atoms with E-state index in [-0.39, 0.29) is 33.4 Å². The fourth-order valence-corrected chi connectivity index (χ4v) is 6.07. The van der Waals surface area contributed by atoms with Crippen molar-refractivity contribution < 1.29 is 9.72 Å². The first-order valence-electron chi connectivity index (χ1n) is 10.5. The van der Waals surface area contributed by atoms with Crippen LogP contribution in [0.15, 0.2) is 18.2 Å². The minimum Gasteiger partial charge on any atom is -0.366 e. The van der Waals surface area contributed by atoms with Crippen molar-refractivity contribution in [3.8, 4) is 0 Å². The van der Waals surface area contributed by atoms with E-state index in [1.54, 1.807) is 12.1 Å². The lowest BCUT2D eigenvalue weighted by Gasteiger charge is -2.39. The third kappa shape index (κ3) is 3.49. The van der Waals surface area contributed by atoms with Crippen molar-refractivity contribution >= 4 is 17.3 Å². The monoisotopic (exact) mass is 385 g/mol. The van der Waals surface area contributed by atoms with Gasteiger partial charge in [0.2, 0.25) is 0 Å². The van der Waals surface area contributed by atoms with Gasteiger partial charge in [-0.15, -0.1) is 0 Å². The molecule has 2 aliphatic heterocycles. The average Bonchev–Trinajstić information content (AvgIpc) is 2.90. The maximum atomic E-state index is 13.3. The summed E-state index contributed by atoms with van der Waals surface area (Å²) >= 11 is 0. The highest BCUT2D eigenvalue weighted by Crippen LogP contribution is 2.52. The van der Waals surface area contributed by atoms with Gasteiger partial charge in [0.05, 0.1) is 4.92 Å². The minimum atomic E-state index is -0.340. The van der Waals surface area contributed by atoms with Gasteiger partial charge in [-0.2, -0.15) is 0 Å². The molecule has 0 unspecified atom stereocenters. The number of rotatable bonds is 3. The van der Waals surface area contributed by atoms with Gasteiger partial charge in [0.15, 0.2) is 0 Å². The van der Waals surface area contributed by atoms with Crippen molar-refractivity contribution in [2.75, 3.05) is 24.5 Å². The predicted octanol–water partition coefficient (Wildman–Crippen LogP) is 4.63. The fourth-order valence-electron chi connectivity index (χ4n) is 6.07. The molecule has 0 radical (unpaired) electrons. The maximum Gasteiger partial charge on any atom is 0.293 e. The highest BCUT2D eigenvalue weighted by atomic mass is 16.6. The van der Waals surface area contributed by atoms with E-state index in [1.165, 1.54) is 12.5 Å². The maximum absolute atomic E-state index is 13.3. The van der Waals surface area contributed by atoms with Crippen molar-refractivity contribution in [3.05, 3.63) is 33.9 Å². The molecule has 152 valence electrons. The summed E-state index contributed by atoms with van der Waals surface area (Å²) in [5.74, 6) is -0.0558. The number of benzene rings is 1. The van der Waals surface area contributed by atoms with E-state index in [1.807, 2.05) is 4.90 Å². The fraction of sp³-hybridized carbons (Fsp3) is 0.682. The molecule has 6 nitrogen and oxygen atoms in total. The molecule has 2 heterocycles. The first-order valence-corrected chi connectivity index (χ1v) is 10.5. The van der Waals surface area contributed by atoms with E-state index in [9.17, 15) is 14.9 Å². The van der Waals surface area contributed by atoms with E-state index >= 15 is 0 Å². The number of hydrogen-bond donors (Lipinski definition) is 0. The highest BCUT2D eigenvalue weighted by Gasteiger charge is 2.51. The lowest BCUT2D eigenvalue weighted by molar-refractivity contribution is -0.384. The molecule has 3 fully saturated rings. The van der Waals surface area contributed by atoms with E-state index < -0.39 is 0 Å². The lowest BCUT2D eigenvalue weighted by Crippen LogP contribution is -2.37. The van der Waals surface area contributed by atoms with Crippen LogP contribution in [0.4, 0.5) is 11.4 Å². The summed E-state index contributed by atoms with van der Waals surface area (Å²) in [6.07, 6.45) is 6.45. The van der Waals surface area contributed by atoms with Crippen LogP contribution in [0.1, 0.15) is 69.7 Å². The van der Waals surface area contributed by atoms with Gasteiger partial charge >= 0.3 is 0 Å². The number of piperidine rings is 1. The second kappa shape index (κ2) is 6.75. The molecule has 1 amide bonds. The Kier molecular flexibility index (Phi) is 4.63. The molecular formula is C22H31N3O3. The standard InChI is InChI=1S/C22H31N3O3/c1-21(2)12-17-13-22(3,14-21)15-24(17)20(26)16-7-8-18(19(11-16)25(27)28)23-9-5-4-6-10-23/h7-8,11,17H,4-6,9-10,12-15H2,1-3H3/t17-,22-/m0/s1. The van der Waals surface area contributed by atoms with Gasteiger partial charge in [-0.3, -0.25) is 14.9 Å². The van der Waals surface area contributed by atoms with Crippen molar-refractivity contribution in [2.24, 2.45) is 10.8 Å². The number of likely N-dealkylation sites (tertiary alicyclic amines) is 1. The molecule has 3 aliphatic rings. The number of fused-ring (bicyclic) bond motifs is 2. The third-order valence-electron chi connectivity index (χ3n) is 6.79. The molecule has 2 atom stereocenters. The second-order valence-electron chi connectivity index (χ2n) is 10.2. The molecule has 4 rings (SSSR count). The molecule has 0 spiro atoms. The van der Waals surface area contributed by atoms with Crippen LogP contribution in [0.2, 0.25) is 0 Å². The topological polar surface area (TPSA) is 66.7 Å². The second-order valence-corrected chi connectivity index (χ2v) is 10.2.